The zero-order valence-corrected chi connectivity index (χ0v) is 19.3. The molecule has 0 unspecified atom stereocenters. The lowest BCUT2D eigenvalue weighted by molar-refractivity contribution is 0.579. The first-order valence-electron chi connectivity index (χ1n) is 9.84. The lowest BCUT2D eigenvalue weighted by Gasteiger charge is -2.03. The van der Waals surface area contributed by atoms with Gasteiger partial charge in [-0.2, -0.15) is 9.50 Å². The Bertz CT molecular complexity index is 1550. The Morgan fingerprint density at radius 2 is 1.97 bits per heavy atom. The van der Waals surface area contributed by atoms with Crippen LogP contribution in [0.1, 0.15) is 36.2 Å². The molecule has 4 rings (SSSR count). The smallest absolute Gasteiger partial charge is 0.272 e. The summed E-state index contributed by atoms with van der Waals surface area (Å²) in [5.41, 5.74) is 3.88. The van der Waals surface area contributed by atoms with Gasteiger partial charge in [0.1, 0.15) is 0 Å². The van der Waals surface area contributed by atoms with Gasteiger partial charge in [-0.1, -0.05) is 36.8 Å². The zero-order valence-electron chi connectivity index (χ0n) is 17.7. The van der Waals surface area contributed by atoms with E-state index in [4.69, 9.17) is 5.41 Å². The van der Waals surface area contributed by atoms with Crippen LogP contribution in [-0.4, -0.2) is 33.8 Å². The van der Waals surface area contributed by atoms with E-state index in [1.54, 1.807) is 0 Å². The summed E-state index contributed by atoms with van der Waals surface area (Å²) in [6.45, 7) is 7.59. The van der Waals surface area contributed by atoms with Crippen LogP contribution < -0.4 is 11.0 Å². The van der Waals surface area contributed by atoms with Crippen molar-refractivity contribution in [2.45, 2.75) is 38.5 Å². The van der Waals surface area contributed by atoms with Gasteiger partial charge in [0.2, 0.25) is 19.1 Å². The Hall–Kier alpha value is -2.85. The molecule has 8 nitrogen and oxygen atoms in total. The molecule has 2 N–H and O–H groups in total. The van der Waals surface area contributed by atoms with E-state index >= 15 is 0 Å². The van der Waals surface area contributed by atoms with Crippen molar-refractivity contribution in [1.29, 1.82) is 5.41 Å². The molecule has 0 aliphatic carbocycles. The maximum absolute atomic E-state index is 12.6. The second-order valence-corrected chi connectivity index (χ2v) is 11.3. The van der Waals surface area contributed by atoms with Gasteiger partial charge in [-0.3, -0.25) is 10.2 Å². The van der Waals surface area contributed by atoms with Crippen LogP contribution in [0.5, 0.6) is 0 Å². The van der Waals surface area contributed by atoms with Gasteiger partial charge in [0.05, 0.1) is 5.75 Å². The molecule has 0 spiro atoms. The fourth-order valence-corrected chi connectivity index (χ4v) is 6.44. The van der Waals surface area contributed by atoms with Crippen LogP contribution in [0.2, 0.25) is 0 Å². The normalized spacial score (nSPS) is 12.3. The predicted molar refractivity (Wildman–Crippen MR) is 120 cm³/mol. The molecule has 0 saturated carbocycles. The fraction of sp³-hybridized carbons (Fsp3) is 0.333. The number of nitrogens with zero attached hydrogens (tertiary/aromatic N) is 3. The van der Waals surface area contributed by atoms with E-state index in [9.17, 15) is 13.2 Å². The molecular formula is C21H23N5O3S2. The van der Waals surface area contributed by atoms with E-state index in [2.05, 4.69) is 21.1 Å². The highest BCUT2D eigenvalue weighted by Gasteiger charge is 2.22. The van der Waals surface area contributed by atoms with Crippen LogP contribution in [0.4, 0.5) is 0 Å². The number of nitrogens with one attached hydrogen (secondary N) is 2. The Morgan fingerprint density at radius 3 is 2.68 bits per heavy atom. The number of hydrogen-bond donors (Lipinski definition) is 2. The second-order valence-electron chi connectivity index (χ2n) is 8.16. The molecule has 3 aromatic heterocycles. The average molecular weight is 458 g/mol. The van der Waals surface area contributed by atoms with Gasteiger partial charge in [-0.05, 0) is 37.5 Å². The molecule has 0 amide bonds. The SMILES string of the molecule is Cc1ccc2[nH]c(C)c(Cc3cc(=O)nc4sc(S(=O)(=O)CC(C)C)nn4c3=N)c2c1. The molecule has 31 heavy (non-hydrogen) atoms. The zero-order chi connectivity index (χ0) is 22.5. The summed E-state index contributed by atoms with van der Waals surface area (Å²) in [5.74, 6) is -0.127. The number of hydrogen-bond acceptors (Lipinski definition) is 7. The molecule has 0 bridgehead atoms. The summed E-state index contributed by atoms with van der Waals surface area (Å²) >= 11 is 0.819. The molecule has 4 aromatic rings. The molecule has 0 saturated heterocycles. The Kier molecular flexibility index (Phi) is 5.30. The Balaban J connectivity index is 1.90. The van der Waals surface area contributed by atoms with E-state index in [0.29, 0.717) is 12.0 Å². The lowest BCUT2D eigenvalue weighted by atomic mass is 10.0. The largest absolute Gasteiger partial charge is 0.358 e. The van der Waals surface area contributed by atoms with Crippen LogP contribution in [0.3, 0.4) is 0 Å². The lowest BCUT2D eigenvalue weighted by Crippen LogP contribution is -2.18. The summed E-state index contributed by atoms with van der Waals surface area (Å²) in [4.78, 5) is 19.8. The minimum absolute atomic E-state index is 0.0479. The number of aromatic nitrogens is 4. The summed E-state index contributed by atoms with van der Waals surface area (Å²) < 4.78 is 26.3. The third-order valence-electron chi connectivity index (χ3n) is 5.02. The summed E-state index contributed by atoms with van der Waals surface area (Å²) in [6.07, 6.45) is 0.327. The molecular weight excluding hydrogens is 434 g/mol. The first-order chi connectivity index (χ1) is 14.5. The van der Waals surface area contributed by atoms with Gasteiger partial charge in [0, 0.05) is 34.6 Å². The van der Waals surface area contributed by atoms with Gasteiger partial charge < -0.3 is 4.98 Å². The van der Waals surface area contributed by atoms with E-state index < -0.39 is 15.4 Å². The van der Waals surface area contributed by atoms with Crippen LogP contribution in [0.15, 0.2) is 33.4 Å². The van der Waals surface area contributed by atoms with Gasteiger partial charge >= 0.3 is 0 Å². The molecule has 1 aromatic carbocycles. The standard InChI is InChI=1S/C21H23N5O3S2/c1-11(2)10-31(28,29)21-25-26-19(22)14(9-18(27)24-20(26)30-21)8-15-13(4)23-17-6-5-12(3)7-16(15)17/h5-7,9,11,22-23H,8,10H2,1-4H3. The number of H-pyrrole nitrogens is 1. The van der Waals surface area contributed by atoms with E-state index in [1.165, 1.54) is 6.07 Å². The molecule has 0 aliphatic heterocycles. The van der Waals surface area contributed by atoms with Crippen molar-refractivity contribution in [3.05, 3.63) is 62.5 Å². The van der Waals surface area contributed by atoms with Crippen molar-refractivity contribution in [2.75, 3.05) is 5.75 Å². The van der Waals surface area contributed by atoms with Gasteiger partial charge in [-0.25, -0.2) is 8.42 Å². The van der Waals surface area contributed by atoms with Crippen molar-refractivity contribution in [3.63, 3.8) is 0 Å². The van der Waals surface area contributed by atoms with Crippen molar-refractivity contribution in [1.82, 2.24) is 19.6 Å². The maximum Gasteiger partial charge on any atom is 0.272 e. The van der Waals surface area contributed by atoms with E-state index in [1.807, 2.05) is 39.8 Å². The molecule has 10 heteroatoms. The number of fused-ring (bicyclic) bond motifs is 2. The molecule has 0 radical (unpaired) electrons. The molecule has 0 atom stereocenters. The van der Waals surface area contributed by atoms with Crippen molar-refractivity contribution in [2.24, 2.45) is 5.92 Å². The van der Waals surface area contributed by atoms with Crippen molar-refractivity contribution in [3.8, 4) is 0 Å². The molecule has 0 aliphatic rings. The molecule has 3 heterocycles. The van der Waals surface area contributed by atoms with Gasteiger partial charge in [-0.15, -0.1) is 5.10 Å². The molecule has 0 fully saturated rings. The quantitative estimate of drug-likeness (QED) is 0.477. The Morgan fingerprint density at radius 1 is 1.23 bits per heavy atom. The first-order valence-corrected chi connectivity index (χ1v) is 12.3. The number of aromatic amines is 1. The summed E-state index contributed by atoms with van der Waals surface area (Å²) in [5, 5.41) is 13.9. The van der Waals surface area contributed by atoms with Crippen LogP contribution in [0.25, 0.3) is 15.9 Å². The highest BCUT2D eigenvalue weighted by Crippen LogP contribution is 2.25. The Labute approximate surface area is 183 Å². The van der Waals surface area contributed by atoms with Crippen LogP contribution in [-0.2, 0) is 16.3 Å². The maximum atomic E-state index is 12.6. The number of sulfone groups is 1. The molecule has 162 valence electrons. The van der Waals surface area contributed by atoms with Crippen molar-refractivity contribution >= 4 is 37.0 Å². The second kappa shape index (κ2) is 7.69. The highest BCUT2D eigenvalue weighted by molar-refractivity contribution is 7.93. The number of benzene rings is 1. The van der Waals surface area contributed by atoms with Gasteiger partial charge in [0.25, 0.3) is 5.56 Å². The van der Waals surface area contributed by atoms with E-state index in [0.717, 1.165) is 43.6 Å². The third kappa shape index (κ3) is 4.05. The highest BCUT2D eigenvalue weighted by atomic mass is 32.2. The third-order valence-corrected chi connectivity index (χ3v) is 8.46. The van der Waals surface area contributed by atoms with E-state index in [-0.39, 0.29) is 26.5 Å². The van der Waals surface area contributed by atoms with Crippen LogP contribution in [0, 0.1) is 25.2 Å². The van der Waals surface area contributed by atoms with Crippen LogP contribution >= 0.6 is 11.3 Å². The minimum atomic E-state index is -3.62. The fourth-order valence-electron chi connectivity index (χ4n) is 3.65. The van der Waals surface area contributed by atoms with Gasteiger partial charge in [0.15, 0.2) is 5.49 Å². The van der Waals surface area contributed by atoms with Crippen molar-refractivity contribution < 1.29 is 8.42 Å². The predicted octanol–water partition coefficient (Wildman–Crippen LogP) is 2.75. The average Bonchev–Trinajstić information content (AvgIpc) is 3.18. The summed E-state index contributed by atoms with van der Waals surface area (Å²) in [6, 6.07) is 7.43. The number of rotatable bonds is 5. The first kappa shape index (κ1) is 21.4. The minimum Gasteiger partial charge on any atom is -0.358 e. The monoisotopic (exact) mass is 457 g/mol. The number of aryl methyl sites for hydroxylation is 2. The topological polar surface area (TPSA) is 121 Å². The summed E-state index contributed by atoms with van der Waals surface area (Å²) in [7, 11) is -3.62.